The molecule has 1 amide bonds. The van der Waals surface area contributed by atoms with Crippen LogP contribution in [0.5, 0.6) is 0 Å². The number of carbonyl (C=O) groups is 1. The van der Waals surface area contributed by atoms with Crippen molar-refractivity contribution in [1.29, 1.82) is 0 Å². The van der Waals surface area contributed by atoms with Crippen LogP contribution in [0.1, 0.15) is 43.2 Å². The molecule has 1 unspecified atom stereocenters. The van der Waals surface area contributed by atoms with Crippen LogP contribution in [0.2, 0.25) is 0 Å². The first kappa shape index (κ1) is 32.2. The van der Waals surface area contributed by atoms with Gasteiger partial charge in [-0.05, 0) is 61.8 Å². The number of rotatable bonds is 12. The fraction of sp³-hybridized carbons (Fsp3) is 0.556. The number of alkyl halides is 6. The van der Waals surface area contributed by atoms with Gasteiger partial charge in [-0.2, -0.15) is 26.3 Å². The molecule has 1 N–H and O–H groups in total. The molecule has 1 aromatic heterocycles. The van der Waals surface area contributed by atoms with Gasteiger partial charge in [0.25, 0.3) is 5.60 Å². The quantitative estimate of drug-likeness (QED) is 0.252. The molecule has 15 heteroatoms. The summed E-state index contributed by atoms with van der Waals surface area (Å²) >= 11 is 0. The normalized spacial score (nSPS) is 18.6. The van der Waals surface area contributed by atoms with E-state index in [1.165, 1.54) is 18.3 Å². The third-order valence-electron chi connectivity index (χ3n) is 6.85. The van der Waals surface area contributed by atoms with E-state index in [0.29, 0.717) is 30.7 Å². The SMILES string of the molecule is O=C(Cc1ccc(S(=O)(=O)CC2CC2)nc1)Nc1ccc(C(OCCOC2CCCCO2)(C(F)(F)F)C(F)(F)F)cc1. The number of hydrogen-bond donors (Lipinski definition) is 1. The highest BCUT2D eigenvalue weighted by Gasteiger charge is 2.73. The van der Waals surface area contributed by atoms with E-state index in [4.69, 9.17) is 9.47 Å². The van der Waals surface area contributed by atoms with Crippen molar-refractivity contribution in [1.82, 2.24) is 4.98 Å². The number of halogens is 6. The predicted molar refractivity (Wildman–Crippen MR) is 137 cm³/mol. The maximum Gasteiger partial charge on any atom is 0.430 e. The molecule has 2 aliphatic rings. The summed E-state index contributed by atoms with van der Waals surface area (Å²) in [4.78, 5) is 16.4. The van der Waals surface area contributed by atoms with Crippen LogP contribution in [0.25, 0.3) is 0 Å². The van der Waals surface area contributed by atoms with Gasteiger partial charge in [-0.1, -0.05) is 18.2 Å². The maximum absolute atomic E-state index is 14.0. The molecule has 1 aromatic carbocycles. The smallest absolute Gasteiger partial charge is 0.353 e. The summed E-state index contributed by atoms with van der Waals surface area (Å²) < 4.78 is 124. The van der Waals surface area contributed by atoms with E-state index in [2.05, 4.69) is 15.0 Å². The zero-order chi connectivity index (χ0) is 30.6. The largest absolute Gasteiger partial charge is 0.430 e. The van der Waals surface area contributed by atoms with Gasteiger partial charge in [-0.3, -0.25) is 4.79 Å². The average Bonchev–Trinajstić information content (AvgIpc) is 3.72. The van der Waals surface area contributed by atoms with Gasteiger partial charge < -0.3 is 19.5 Å². The third kappa shape index (κ3) is 7.79. The fourth-order valence-electron chi connectivity index (χ4n) is 4.51. The Kier molecular flexibility index (Phi) is 9.85. The number of nitrogens with one attached hydrogen (secondary N) is 1. The zero-order valence-electron chi connectivity index (χ0n) is 22.3. The molecule has 0 radical (unpaired) electrons. The van der Waals surface area contributed by atoms with Crippen molar-refractivity contribution in [2.24, 2.45) is 5.92 Å². The maximum atomic E-state index is 14.0. The van der Waals surface area contributed by atoms with E-state index < -0.39 is 58.8 Å². The van der Waals surface area contributed by atoms with Crippen LogP contribution in [0.4, 0.5) is 32.0 Å². The van der Waals surface area contributed by atoms with E-state index in [1.807, 2.05) is 0 Å². The Morgan fingerprint density at radius 1 is 0.952 bits per heavy atom. The molecular formula is C27H30F6N2O6S. The molecule has 8 nitrogen and oxygen atoms in total. The number of ether oxygens (including phenoxy) is 3. The number of anilines is 1. The van der Waals surface area contributed by atoms with E-state index in [-0.39, 0.29) is 28.8 Å². The number of amides is 1. The van der Waals surface area contributed by atoms with Gasteiger partial charge in [-0.15, -0.1) is 0 Å². The van der Waals surface area contributed by atoms with E-state index in [1.54, 1.807) is 0 Å². The van der Waals surface area contributed by atoms with Crippen molar-refractivity contribution in [2.45, 2.75) is 67.8 Å². The minimum atomic E-state index is -5.87. The Balaban J connectivity index is 1.40. The first-order valence-electron chi connectivity index (χ1n) is 13.3. The molecular weight excluding hydrogens is 594 g/mol. The lowest BCUT2D eigenvalue weighted by molar-refractivity contribution is -0.391. The van der Waals surface area contributed by atoms with Crippen LogP contribution in [0.3, 0.4) is 0 Å². The first-order valence-corrected chi connectivity index (χ1v) is 15.0. The van der Waals surface area contributed by atoms with Crippen LogP contribution in [-0.2, 0) is 40.9 Å². The van der Waals surface area contributed by atoms with Crippen molar-refractivity contribution >= 4 is 21.4 Å². The summed E-state index contributed by atoms with van der Waals surface area (Å²) in [7, 11) is -3.54. The van der Waals surface area contributed by atoms with Gasteiger partial charge in [0.1, 0.15) is 0 Å². The number of sulfone groups is 1. The van der Waals surface area contributed by atoms with Crippen molar-refractivity contribution < 1.29 is 53.8 Å². The lowest BCUT2D eigenvalue weighted by Gasteiger charge is -2.37. The van der Waals surface area contributed by atoms with Crippen molar-refractivity contribution in [3.8, 4) is 0 Å². The van der Waals surface area contributed by atoms with Gasteiger partial charge in [0.15, 0.2) is 21.2 Å². The highest BCUT2D eigenvalue weighted by atomic mass is 32.2. The summed E-state index contributed by atoms with van der Waals surface area (Å²) in [5.74, 6) is -0.504. The molecule has 2 heterocycles. The number of pyridine rings is 1. The molecule has 4 rings (SSSR count). The monoisotopic (exact) mass is 624 g/mol. The Morgan fingerprint density at radius 2 is 1.64 bits per heavy atom. The molecule has 1 saturated carbocycles. The van der Waals surface area contributed by atoms with Gasteiger partial charge in [0.2, 0.25) is 5.91 Å². The third-order valence-corrected chi connectivity index (χ3v) is 8.64. The van der Waals surface area contributed by atoms with E-state index in [9.17, 15) is 39.6 Å². The lowest BCUT2D eigenvalue weighted by Crippen LogP contribution is -2.56. The second-order valence-electron chi connectivity index (χ2n) is 10.2. The van der Waals surface area contributed by atoms with Gasteiger partial charge in [-0.25, -0.2) is 13.4 Å². The highest BCUT2D eigenvalue weighted by molar-refractivity contribution is 7.91. The molecule has 232 valence electrons. The Morgan fingerprint density at radius 3 is 2.19 bits per heavy atom. The topological polar surface area (TPSA) is 104 Å². The van der Waals surface area contributed by atoms with Crippen molar-refractivity contribution in [2.75, 3.05) is 30.9 Å². The average molecular weight is 625 g/mol. The summed E-state index contributed by atoms with van der Waals surface area (Å²) in [6, 6.07) is 5.68. The number of aromatic nitrogens is 1. The predicted octanol–water partition coefficient (Wildman–Crippen LogP) is 5.33. The molecule has 0 spiro atoms. The molecule has 1 saturated heterocycles. The second-order valence-corrected chi connectivity index (χ2v) is 12.2. The zero-order valence-corrected chi connectivity index (χ0v) is 23.2. The summed E-state index contributed by atoms with van der Waals surface area (Å²) in [6.45, 7) is -1.17. The van der Waals surface area contributed by atoms with Gasteiger partial charge in [0.05, 0.1) is 25.4 Å². The summed E-state index contributed by atoms with van der Waals surface area (Å²) in [6.07, 6.45) is -7.77. The molecule has 1 aliphatic carbocycles. The number of nitrogens with zero attached hydrogens (tertiary/aromatic N) is 1. The standard InChI is InChI=1S/C27H30F6N2O6S/c28-26(29,30)25(27(31,32)33,41-14-13-40-24-3-1-2-12-39-24)20-7-9-21(10-8-20)35-22(36)15-19-6-11-23(34-16-19)42(37,38)17-18-4-5-18/h6-11,16,18,24H,1-5,12-15,17H2,(H,35,36). The molecule has 1 atom stereocenters. The van der Waals surface area contributed by atoms with Gasteiger partial charge >= 0.3 is 12.4 Å². The highest BCUT2D eigenvalue weighted by Crippen LogP contribution is 2.53. The Hall–Kier alpha value is -2.75. The van der Waals surface area contributed by atoms with Crippen LogP contribution >= 0.6 is 0 Å². The fourth-order valence-corrected chi connectivity index (χ4v) is 6.12. The number of hydrogen-bond acceptors (Lipinski definition) is 7. The van der Waals surface area contributed by atoms with Crippen LogP contribution in [0, 0.1) is 5.92 Å². The number of benzene rings is 1. The van der Waals surface area contributed by atoms with Crippen molar-refractivity contribution in [3.63, 3.8) is 0 Å². The van der Waals surface area contributed by atoms with Crippen LogP contribution in [0.15, 0.2) is 47.6 Å². The van der Waals surface area contributed by atoms with Crippen LogP contribution < -0.4 is 5.32 Å². The number of carbonyl (C=O) groups excluding carboxylic acids is 1. The molecule has 0 bridgehead atoms. The minimum absolute atomic E-state index is 0.00797. The van der Waals surface area contributed by atoms with E-state index in [0.717, 1.165) is 37.8 Å². The summed E-state index contributed by atoms with van der Waals surface area (Å²) in [5, 5.41) is 2.28. The van der Waals surface area contributed by atoms with Gasteiger partial charge in [0, 0.05) is 24.1 Å². The van der Waals surface area contributed by atoms with E-state index >= 15 is 0 Å². The second kappa shape index (κ2) is 12.9. The Labute approximate surface area is 238 Å². The van der Waals surface area contributed by atoms with Crippen LogP contribution in [-0.4, -0.2) is 63.5 Å². The Bertz CT molecular complexity index is 1290. The minimum Gasteiger partial charge on any atom is -0.353 e. The molecule has 42 heavy (non-hydrogen) atoms. The molecule has 2 aromatic rings. The molecule has 2 fully saturated rings. The first-order chi connectivity index (χ1) is 19.7. The lowest BCUT2D eigenvalue weighted by atomic mass is 9.91. The molecule has 1 aliphatic heterocycles. The van der Waals surface area contributed by atoms with Crippen molar-refractivity contribution in [3.05, 3.63) is 53.7 Å². The summed E-state index contributed by atoms with van der Waals surface area (Å²) in [5.41, 5.74) is -5.55.